The molecule has 1 aliphatic carbocycles. The summed E-state index contributed by atoms with van der Waals surface area (Å²) in [6, 6.07) is 13.4. The van der Waals surface area contributed by atoms with E-state index in [0.717, 1.165) is 29.2 Å². The van der Waals surface area contributed by atoms with Crippen molar-refractivity contribution >= 4 is 5.97 Å². The van der Waals surface area contributed by atoms with Crippen LogP contribution in [0.5, 0.6) is 5.75 Å². The van der Waals surface area contributed by atoms with Gasteiger partial charge >= 0.3 is 5.97 Å². The summed E-state index contributed by atoms with van der Waals surface area (Å²) in [6.07, 6.45) is 13.6. The molecule has 2 aromatic rings. The Hall–Kier alpha value is -2.63. The van der Waals surface area contributed by atoms with Crippen molar-refractivity contribution < 1.29 is 24.5 Å². The average Bonchev–Trinajstić information content (AvgIpc) is 3.05. The smallest absolute Gasteiger partial charge is 0.333 e. The van der Waals surface area contributed by atoms with Gasteiger partial charge in [0.1, 0.15) is 5.75 Å². The first kappa shape index (κ1) is 37.8. The zero-order valence-electron chi connectivity index (χ0n) is 29.8. The number of unbranched alkanes of at least 4 members (excludes halogenated alkanes) is 2. The Morgan fingerprint density at radius 3 is 2.24 bits per heavy atom. The first-order valence-electron chi connectivity index (χ1n) is 17.9. The van der Waals surface area contributed by atoms with E-state index in [1.54, 1.807) is 6.92 Å². The average molecular weight is 635 g/mol. The molecule has 3 rings (SSSR count). The fraction of sp³-hybridized carbons (Fsp3) is 0.634. The minimum absolute atomic E-state index is 0.0695. The third-order valence-corrected chi connectivity index (χ3v) is 10.6. The van der Waals surface area contributed by atoms with E-state index in [1.165, 1.54) is 68.1 Å². The number of aliphatic hydroxyl groups is 2. The number of carbonyl (C=O) groups excluding carboxylic acids is 1. The summed E-state index contributed by atoms with van der Waals surface area (Å²) in [5, 5.41) is 20.2. The van der Waals surface area contributed by atoms with Crippen molar-refractivity contribution in [2.45, 2.75) is 125 Å². The molecule has 0 heterocycles. The molecule has 1 aliphatic rings. The summed E-state index contributed by atoms with van der Waals surface area (Å²) in [5.74, 6) is 1.95. The fourth-order valence-electron chi connectivity index (χ4n) is 7.02. The topological polar surface area (TPSA) is 76.0 Å². The lowest BCUT2D eigenvalue weighted by Gasteiger charge is -2.42. The SMILES string of the molecule is C=C(C)C(=O)OCCc1cc(-c2ccc(C3CCC(CCCCC)CC3)cc2CC)ccc1OCCCC(CO)(CO)C(C)(C)C. The molecule has 5 heteroatoms. The Kier molecular flexibility index (Phi) is 14.8. The predicted octanol–water partition coefficient (Wildman–Crippen LogP) is 9.61. The van der Waals surface area contributed by atoms with Gasteiger partial charge in [-0.15, -0.1) is 0 Å². The minimum atomic E-state index is -0.573. The second kappa shape index (κ2) is 18.1. The van der Waals surface area contributed by atoms with Crippen LogP contribution in [0.1, 0.15) is 128 Å². The molecule has 46 heavy (non-hydrogen) atoms. The zero-order chi connectivity index (χ0) is 33.7. The highest BCUT2D eigenvalue weighted by molar-refractivity contribution is 5.86. The van der Waals surface area contributed by atoms with Crippen molar-refractivity contribution in [3.05, 3.63) is 65.2 Å². The van der Waals surface area contributed by atoms with Gasteiger partial charge < -0.3 is 19.7 Å². The van der Waals surface area contributed by atoms with Crippen molar-refractivity contribution in [3.63, 3.8) is 0 Å². The molecule has 1 fully saturated rings. The number of hydrogen-bond donors (Lipinski definition) is 2. The number of aryl methyl sites for hydroxylation is 1. The van der Waals surface area contributed by atoms with Crippen LogP contribution in [0.2, 0.25) is 0 Å². The number of carbonyl (C=O) groups is 1. The van der Waals surface area contributed by atoms with Crippen LogP contribution in [0.4, 0.5) is 0 Å². The Balaban J connectivity index is 1.77. The molecule has 0 amide bonds. The first-order valence-corrected chi connectivity index (χ1v) is 17.9. The van der Waals surface area contributed by atoms with Crippen molar-refractivity contribution in [1.29, 1.82) is 0 Å². The predicted molar refractivity (Wildman–Crippen MR) is 190 cm³/mol. The highest BCUT2D eigenvalue weighted by Crippen LogP contribution is 2.42. The molecule has 0 unspecified atom stereocenters. The second-order valence-electron chi connectivity index (χ2n) is 14.8. The quantitative estimate of drug-likeness (QED) is 0.0970. The summed E-state index contributed by atoms with van der Waals surface area (Å²) < 4.78 is 11.8. The number of rotatable bonds is 18. The van der Waals surface area contributed by atoms with Crippen LogP contribution in [-0.2, 0) is 22.4 Å². The van der Waals surface area contributed by atoms with Crippen molar-refractivity contribution in [2.24, 2.45) is 16.7 Å². The Bertz CT molecular complexity index is 1240. The number of aliphatic hydroxyl groups excluding tert-OH is 2. The van der Waals surface area contributed by atoms with E-state index in [0.29, 0.717) is 37.4 Å². The molecule has 256 valence electrons. The fourth-order valence-corrected chi connectivity index (χ4v) is 7.02. The van der Waals surface area contributed by atoms with E-state index >= 15 is 0 Å². The normalized spacial score (nSPS) is 17.1. The summed E-state index contributed by atoms with van der Waals surface area (Å²) in [5.41, 5.74) is 5.80. The second-order valence-corrected chi connectivity index (χ2v) is 14.8. The van der Waals surface area contributed by atoms with Gasteiger partial charge in [-0.1, -0.05) is 91.1 Å². The van der Waals surface area contributed by atoms with E-state index in [1.807, 2.05) is 6.07 Å². The van der Waals surface area contributed by atoms with E-state index in [4.69, 9.17) is 9.47 Å². The molecular formula is C41H62O5. The Labute approximate surface area is 279 Å². The molecule has 2 aromatic carbocycles. The number of ether oxygens (including phenoxy) is 2. The van der Waals surface area contributed by atoms with Gasteiger partial charge in [0, 0.05) is 17.4 Å². The van der Waals surface area contributed by atoms with Crippen LogP contribution < -0.4 is 4.74 Å². The van der Waals surface area contributed by atoms with E-state index in [-0.39, 0.29) is 31.2 Å². The lowest BCUT2D eigenvalue weighted by molar-refractivity contribution is -0.138. The van der Waals surface area contributed by atoms with Gasteiger partial charge in [-0.25, -0.2) is 4.79 Å². The van der Waals surface area contributed by atoms with Gasteiger partial charge in [-0.3, -0.25) is 0 Å². The highest BCUT2D eigenvalue weighted by atomic mass is 16.5. The zero-order valence-corrected chi connectivity index (χ0v) is 29.8. The highest BCUT2D eigenvalue weighted by Gasteiger charge is 2.40. The van der Waals surface area contributed by atoms with Crippen LogP contribution >= 0.6 is 0 Å². The molecule has 0 atom stereocenters. The van der Waals surface area contributed by atoms with E-state index in [2.05, 4.69) is 71.5 Å². The molecule has 0 saturated heterocycles. The molecule has 5 nitrogen and oxygen atoms in total. The van der Waals surface area contributed by atoms with Gasteiger partial charge in [-0.05, 0) is 109 Å². The molecule has 1 saturated carbocycles. The van der Waals surface area contributed by atoms with E-state index in [9.17, 15) is 15.0 Å². The molecular weight excluding hydrogens is 572 g/mol. The van der Waals surface area contributed by atoms with Crippen LogP contribution in [0, 0.1) is 16.7 Å². The van der Waals surface area contributed by atoms with Crippen LogP contribution in [-0.4, -0.2) is 42.6 Å². The molecule has 0 aliphatic heterocycles. The lowest BCUT2D eigenvalue weighted by Crippen LogP contribution is -2.42. The van der Waals surface area contributed by atoms with Gasteiger partial charge in [0.15, 0.2) is 0 Å². The number of benzene rings is 2. The maximum Gasteiger partial charge on any atom is 0.333 e. The van der Waals surface area contributed by atoms with Gasteiger partial charge in [0.2, 0.25) is 0 Å². The number of esters is 1. The third kappa shape index (κ3) is 10.2. The Morgan fingerprint density at radius 1 is 0.913 bits per heavy atom. The molecule has 2 N–H and O–H groups in total. The summed E-state index contributed by atoms with van der Waals surface area (Å²) in [6.45, 7) is 16.6. The van der Waals surface area contributed by atoms with Crippen molar-refractivity contribution in [2.75, 3.05) is 26.4 Å². The Morgan fingerprint density at radius 2 is 1.63 bits per heavy atom. The van der Waals surface area contributed by atoms with Gasteiger partial charge in [0.25, 0.3) is 0 Å². The van der Waals surface area contributed by atoms with Crippen LogP contribution in [0.3, 0.4) is 0 Å². The maximum atomic E-state index is 12.1. The molecule has 0 spiro atoms. The lowest BCUT2D eigenvalue weighted by atomic mass is 9.65. The number of hydrogen-bond acceptors (Lipinski definition) is 5. The third-order valence-electron chi connectivity index (χ3n) is 10.6. The summed E-state index contributed by atoms with van der Waals surface area (Å²) in [7, 11) is 0. The largest absolute Gasteiger partial charge is 0.493 e. The van der Waals surface area contributed by atoms with Crippen LogP contribution in [0.25, 0.3) is 11.1 Å². The van der Waals surface area contributed by atoms with Crippen LogP contribution in [0.15, 0.2) is 48.6 Å². The minimum Gasteiger partial charge on any atom is -0.493 e. The van der Waals surface area contributed by atoms with Gasteiger partial charge in [-0.2, -0.15) is 0 Å². The first-order chi connectivity index (χ1) is 22.0. The maximum absolute atomic E-state index is 12.1. The monoisotopic (exact) mass is 634 g/mol. The summed E-state index contributed by atoms with van der Waals surface area (Å²) in [4.78, 5) is 12.1. The van der Waals surface area contributed by atoms with Crippen molar-refractivity contribution in [1.82, 2.24) is 0 Å². The molecule has 0 bridgehead atoms. The van der Waals surface area contributed by atoms with E-state index < -0.39 is 5.41 Å². The molecule has 0 aromatic heterocycles. The summed E-state index contributed by atoms with van der Waals surface area (Å²) >= 11 is 0. The standard InChI is InChI=1S/C41H62O5/c1-8-10-11-13-31-14-16-33(17-15-31)34-18-20-37(32(9-2)26-34)35-19-21-38(36(27-35)22-25-46-39(44)30(3)4)45-24-12-23-41(28-42,29-43)40(5,6)7/h18-21,26-27,31,33,42-43H,3,8-17,22-25,28-29H2,1-2,4-7H3. The van der Waals surface area contributed by atoms with Crippen molar-refractivity contribution in [3.8, 4) is 16.9 Å². The molecule has 0 radical (unpaired) electrons. The van der Waals surface area contributed by atoms with Gasteiger partial charge in [0.05, 0.1) is 26.4 Å².